The minimum absolute atomic E-state index is 0.00196. The van der Waals surface area contributed by atoms with Gasteiger partial charge in [0, 0.05) is 63.9 Å². The molecule has 0 radical (unpaired) electrons. The van der Waals surface area contributed by atoms with Gasteiger partial charge >= 0.3 is 0 Å². The van der Waals surface area contributed by atoms with E-state index in [1.165, 1.54) is 6.07 Å². The van der Waals surface area contributed by atoms with Gasteiger partial charge < -0.3 is 33.7 Å². The summed E-state index contributed by atoms with van der Waals surface area (Å²) in [5.74, 6) is 0.207. The number of fused-ring (bicyclic) bond motifs is 2. The Morgan fingerprint density at radius 2 is 2.03 bits per heavy atom. The zero-order valence-corrected chi connectivity index (χ0v) is 21.8. The molecule has 1 N–H and O–H groups in total. The topological polar surface area (TPSA) is 93.9 Å². The van der Waals surface area contributed by atoms with E-state index >= 15 is 4.39 Å². The van der Waals surface area contributed by atoms with Crippen LogP contribution in [0.4, 0.5) is 10.1 Å². The molecule has 2 aromatic heterocycles. The molecular formula is C28H29FN6O4. The Morgan fingerprint density at radius 3 is 2.77 bits per heavy atom. The molecule has 6 rings (SSSR count). The molecule has 10 nitrogen and oxygen atoms in total. The highest BCUT2D eigenvalue weighted by atomic mass is 19.1. The van der Waals surface area contributed by atoms with Crippen molar-refractivity contribution in [1.82, 2.24) is 23.9 Å². The lowest BCUT2D eigenvalue weighted by Gasteiger charge is -2.32. The summed E-state index contributed by atoms with van der Waals surface area (Å²) < 4.78 is 30.9. The molecule has 2 aromatic carbocycles. The lowest BCUT2D eigenvalue weighted by Crippen LogP contribution is -2.48. The van der Waals surface area contributed by atoms with Crippen LogP contribution in [-0.4, -0.2) is 76.7 Å². The molecule has 0 atom stereocenters. The van der Waals surface area contributed by atoms with Gasteiger partial charge in [0.1, 0.15) is 22.5 Å². The SMILES string of the molecule is COc1ccc2c(c1)Oc1c(NCCCn3ccnc3)c(F)cc3c(=O)c(C(=O)N4CCN(C)CC4)cn-2c13. The average Bonchev–Trinajstić information content (AvgIpc) is 3.47. The van der Waals surface area contributed by atoms with Crippen molar-refractivity contribution in [3.05, 3.63) is 70.8 Å². The van der Waals surface area contributed by atoms with E-state index in [1.54, 1.807) is 53.5 Å². The van der Waals surface area contributed by atoms with Crippen molar-refractivity contribution in [2.24, 2.45) is 0 Å². The zero-order valence-electron chi connectivity index (χ0n) is 21.8. The van der Waals surface area contributed by atoms with Crippen LogP contribution in [0, 0.1) is 5.82 Å². The first kappa shape index (κ1) is 24.9. The molecule has 0 aliphatic carbocycles. The fourth-order valence-electron chi connectivity index (χ4n) is 5.12. The molecule has 1 amide bonds. The first-order valence-electron chi connectivity index (χ1n) is 12.9. The van der Waals surface area contributed by atoms with Gasteiger partial charge in [-0.1, -0.05) is 0 Å². The van der Waals surface area contributed by atoms with Crippen LogP contribution >= 0.6 is 0 Å². The van der Waals surface area contributed by atoms with Crippen molar-refractivity contribution in [2.75, 3.05) is 52.2 Å². The first-order valence-corrected chi connectivity index (χ1v) is 12.9. The molecule has 1 fully saturated rings. The Bertz CT molecular complexity index is 1610. The van der Waals surface area contributed by atoms with E-state index in [0.717, 1.165) is 13.1 Å². The quantitative estimate of drug-likeness (QED) is 0.322. The molecule has 1 saturated heterocycles. The number of anilines is 1. The van der Waals surface area contributed by atoms with E-state index in [1.807, 2.05) is 17.8 Å². The number of nitrogens with one attached hydrogen (secondary N) is 1. The van der Waals surface area contributed by atoms with Crippen LogP contribution in [0.3, 0.4) is 0 Å². The molecule has 2 aliphatic rings. The van der Waals surface area contributed by atoms with Crippen molar-refractivity contribution < 1.29 is 18.7 Å². The van der Waals surface area contributed by atoms with E-state index in [4.69, 9.17) is 9.47 Å². The second-order valence-electron chi connectivity index (χ2n) is 9.81. The van der Waals surface area contributed by atoms with Crippen LogP contribution in [0.15, 0.2) is 54.0 Å². The van der Waals surface area contributed by atoms with Gasteiger partial charge in [0.15, 0.2) is 17.3 Å². The van der Waals surface area contributed by atoms with E-state index in [2.05, 4.69) is 15.2 Å². The molecular weight excluding hydrogens is 503 g/mol. The normalized spacial score (nSPS) is 14.7. The molecule has 4 aromatic rings. The van der Waals surface area contributed by atoms with Gasteiger partial charge in [-0.3, -0.25) is 9.59 Å². The number of amides is 1. The predicted octanol–water partition coefficient (Wildman–Crippen LogP) is 3.33. The highest BCUT2D eigenvalue weighted by Gasteiger charge is 2.30. The summed E-state index contributed by atoms with van der Waals surface area (Å²) in [7, 11) is 3.55. The van der Waals surface area contributed by atoms with Gasteiger partial charge in [0.05, 0.1) is 24.5 Å². The number of aromatic nitrogens is 3. The predicted molar refractivity (Wildman–Crippen MR) is 145 cm³/mol. The van der Waals surface area contributed by atoms with Crippen molar-refractivity contribution in [3.63, 3.8) is 0 Å². The summed E-state index contributed by atoms with van der Waals surface area (Å²) >= 11 is 0. The summed E-state index contributed by atoms with van der Waals surface area (Å²) in [5.41, 5.74) is 0.678. The summed E-state index contributed by atoms with van der Waals surface area (Å²) in [6.45, 7) is 3.65. The molecule has 202 valence electrons. The summed E-state index contributed by atoms with van der Waals surface area (Å²) in [5, 5.41) is 3.25. The Balaban J connectivity index is 1.45. The number of likely N-dealkylation sites (N-methyl/N-ethyl adjacent to an activating group) is 1. The molecule has 2 aliphatic heterocycles. The van der Waals surface area contributed by atoms with Crippen LogP contribution in [0.5, 0.6) is 17.2 Å². The second kappa shape index (κ2) is 10.1. The van der Waals surface area contributed by atoms with Crippen molar-refractivity contribution >= 4 is 22.5 Å². The molecule has 0 spiro atoms. The molecule has 11 heteroatoms. The van der Waals surface area contributed by atoms with Crippen LogP contribution in [0.25, 0.3) is 16.6 Å². The molecule has 0 unspecified atom stereocenters. The Hall–Kier alpha value is -4.38. The number of halogens is 1. The Morgan fingerprint density at radius 1 is 1.21 bits per heavy atom. The van der Waals surface area contributed by atoms with Crippen molar-refractivity contribution in [1.29, 1.82) is 0 Å². The van der Waals surface area contributed by atoms with E-state index in [0.29, 0.717) is 55.3 Å². The van der Waals surface area contributed by atoms with Gasteiger partial charge in [-0.05, 0) is 31.7 Å². The highest BCUT2D eigenvalue weighted by Crippen LogP contribution is 2.46. The Kier molecular flexibility index (Phi) is 6.43. The third-order valence-electron chi connectivity index (χ3n) is 7.31. The minimum Gasteiger partial charge on any atom is -0.497 e. The van der Waals surface area contributed by atoms with Crippen LogP contribution in [0.1, 0.15) is 16.8 Å². The standard InChI is InChI=1S/C28H29FN6O4/c1-32-10-12-34(13-11-32)28(37)20-16-35-22-5-4-18(38-2)14-23(22)39-27-24(21(29)15-19(25(27)35)26(20)36)31-6-3-8-33-9-7-30-17-33/h4-5,7,9,14-17,31H,3,6,8,10-13H2,1-2H3. The van der Waals surface area contributed by atoms with Crippen LogP contribution < -0.4 is 20.2 Å². The third kappa shape index (κ3) is 4.48. The maximum Gasteiger partial charge on any atom is 0.259 e. The van der Waals surface area contributed by atoms with Crippen molar-refractivity contribution in [3.8, 4) is 22.9 Å². The monoisotopic (exact) mass is 532 g/mol. The number of benzene rings is 2. The Labute approximate surface area is 224 Å². The maximum absolute atomic E-state index is 15.6. The number of piperazine rings is 1. The number of hydrogen-bond donors (Lipinski definition) is 1. The van der Waals surface area contributed by atoms with E-state index in [-0.39, 0.29) is 28.3 Å². The number of ether oxygens (including phenoxy) is 2. The second-order valence-corrected chi connectivity index (χ2v) is 9.81. The fourth-order valence-corrected chi connectivity index (χ4v) is 5.12. The molecule has 0 bridgehead atoms. The van der Waals surface area contributed by atoms with Crippen LogP contribution in [-0.2, 0) is 6.54 Å². The van der Waals surface area contributed by atoms with Crippen molar-refractivity contribution in [2.45, 2.75) is 13.0 Å². The van der Waals surface area contributed by atoms with E-state index in [9.17, 15) is 9.59 Å². The number of imidazole rings is 1. The lowest BCUT2D eigenvalue weighted by molar-refractivity contribution is 0.0662. The number of aryl methyl sites for hydroxylation is 1. The van der Waals surface area contributed by atoms with Crippen LogP contribution in [0.2, 0.25) is 0 Å². The highest BCUT2D eigenvalue weighted by molar-refractivity contribution is 6.01. The van der Waals surface area contributed by atoms with Gasteiger partial charge in [0.25, 0.3) is 5.91 Å². The minimum atomic E-state index is -0.626. The van der Waals surface area contributed by atoms with Gasteiger partial charge in [-0.25, -0.2) is 9.37 Å². The number of methoxy groups -OCH3 is 1. The molecule has 4 heterocycles. The largest absolute Gasteiger partial charge is 0.497 e. The molecule has 0 saturated carbocycles. The lowest BCUT2D eigenvalue weighted by atomic mass is 10.1. The average molecular weight is 533 g/mol. The number of nitrogens with zero attached hydrogens (tertiary/aromatic N) is 5. The van der Waals surface area contributed by atoms with E-state index < -0.39 is 11.2 Å². The summed E-state index contributed by atoms with van der Waals surface area (Å²) in [4.78, 5) is 35.0. The number of pyridine rings is 1. The molecule has 39 heavy (non-hydrogen) atoms. The summed E-state index contributed by atoms with van der Waals surface area (Å²) in [6, 6.07) is 6.48. The third-order valence-corrected chi connectivity index (χ3v) is 7.31. The maximum atomic E-state index is 15.6. The zero-order chi connectivity index (χ0) is 27.1. The van der Waals surface area contributed by atoms with Gasteiger partial charge in [0.2, 0.25) is 5.43 Å². The number of rotatable bonds is 7. The van der Waals surface area contributed by atoms with Gasteiger partial charge in [-0.15, -0.1) is 0 Å². The van der Waals surface area contributed by atoms with Gasteiger partial charge in [-0.2, -0.15) is 0 Å². The number of carbonyl (C=O) groups is 1. The fraction of sp³-hybridized carbons (Fsp3) is 0.321. The first-order chi connectivity index (χ1) is 18.9. The smallest absolute Gasteiger partial charge is 0.259 e. The number of hydrogen-bond acceptors (Lipinski definition) is 7. The summed E-state index contributed by atoms with van der Waals surface area (Å²) in [6.07, 6.45) is 7.58. The number of carbonyl (C=O) groups excluding carboxylic acids is 1.